The van der Waals surface area contributed by atoms with Crippen molar-refractivity contribution in [1.82, 2.24) is 14.3 Å². The molecule has 1 aliphatic carbocycles. The molecule has 1 unspecified atom stereocenters. The standard InChI is InChI=1S/C23H36F3N5O2S/c1-29(15-18-8-6-13-31(16-18)34(2,32)33)19-14-20(28-21(27-19)23(24,25)26)30-12-7-11-22(17-30)9-4-3-5-10-22/h14,18H,3-13,15-17H2,1-2H3. The molecule has 3 heterocycles. The summed E-state index contributed by atoms with van der Waals surface area (Å²) in [6.07, 6.45) is 6.09. The molecule has 34 heavy (non-hydrogen) atoms. The van der Waals surface area contributed by atoms with Crippen LogP contribution in [0.5, 0.6) is 0 Å². The van der Waals surface area contributed by atoms with Gasteiger partial charge >= 0.3 is 6.18 Å². The summed E-state index contributed by atoms with van der Waals surface area (Å²) >= 11 is 0. The molecule has 0 bridgehead atoms. The molecule has 0 N–H and O–H groups in total. The number of piperidine rings is 2. The Kier molecular flexibility index (Phi) is 7.34. The Balaban J connectivity index is 1.56. The van der Waals surface area contributed by atoms with Gasteiger partial charge < -0.3 is 9.80 Å². The van der Waals surface area contributed by atoms with E-state index in [2.05, 4.69) is 9.97 Å². The van der Waals surface area contributed by atoms with Crippen molar-refractivity contribution in [2.45, 2.75) is 64.0 Å². The molecule has 7 nitrogen and oxygen atoms in total. The summed E-state index contributed by atoms with van der Waals surface area (Å²) in [5.74, 6) is -0.509. The van der Waals surface area contributed by atoms with Crippen molar-refractivity contribution in [3.8, 4) is 0 Å². The Morgan fingerprint density at radius 1 is 1.09 bits per heavy atom. The molecule has 192 valence electrons. The third-order valence-corrected chi connectivity index (χ3v) is 9.00. The van der Waals surface area contributed by atoms with Gasteiger partial charge in [-0.1, -0.05) is 19.3 Å². The second-order valence-electron chi connectivity index (χ2n) is 10.5. The second kappa shape index (κ2) is 9.79. The molecule has 0 aromatic carbocycles. The van der Waals surface area contributed by atoms with Gasteiger partial charge in [0, 0.05) is 45.8 Å². The fourth-order valence-corrected chi connectivity index (χ4v) is 6.92. The van der Waals surface area contributed by atoms with Crippen LogP contribution in [0.2, 0.25) is 0 Å². The Morgan fingerprint density at radius 3 is 2.47 bits per heavy atom. The van der Waals surface area contributed by atoms with E-state index >= 15 is 0 Å². The third kappa shape index (κ3) is 5.95. The zero-order valence-electron chi connectivity index (χ0n) is 20.1. The van der Waals surface area contributed by atoms with E-state index in [0.717, 1.165) is 45.1 Å². The molecule has 1 aromatic rings. The molecule has 3 aliphatic rings. The van der Waals surface area contributed by atoms with Gasteiger partial charge in [-0.3, -0.25) is 0 Å². The lowest BCUT2D eigenvalue weighted by Crippen LogP contribution is -2.45. The number of aromatic nitrogens is 2. The quantitative estimate of drug-likeness (QED) is 0.601. The summed E-state index contributed by atoms with van der Waals surface area (Å²) in [6, 6.07) is 1.67. The Labute approximate surface area is 200 Å². The van der Waals surface area contributed by atoms with Gasteiger partial charge in [-0.25, -0.2) is 22.7 Å². The van der Waals surface area contributed by atoms with Crippen molar-refractivity contribution in [2.24, 2.45) is 11.3 Å². The zero-order chi connectivity index (χ0) is 24.6. The highest BCUT2D eigenvalue weighted by Gasteiger charge is 2.39. The second-order valence-corrected chi connectivity index (χ2v) is 12.5. The van der Waals surface area contributed by atoms with Crippen molar-refractivity contribution in [2.75, 3.05) is 55.8 Å². The normalized spacial score (nSPS) is 24.4. The molecule has 1 spiro atoms. The maximum atomic E-state index is 13.7. The van der Waals surface area contributed by atoms with Crippen LogP contribution < -0.4 is 9.80 Å². The summed E-state index contributed by atoms with van der Waals surface area (Å²) < 4.78 is 66.6. The van der Waals surface area contributed by atoms with Crippen LogP contribution in [0.3, 0.4) is 0 Å². The number of nitrogens with zero attached hydrogens (tertiary/aromatic N) is 5. The van der Waals surface area contributed by atoms with Crippen LogP contribution in [-0.4, -0.2) is 68.7 Å². The van der Waals surface area contributed by atoms with E-state index < -0.39 is 22.0 Å². The number of hydrogen-bond acceptors (Lipinski definition) is 6. The van der Waals surface area contributed by atoms with E-state index in [0.29, 0.717) is 32.0 Å². The summed E-state index contributed by atoms with van der Waals surface area (Å²) in [5, 5.41) is 0. The average molecular weight is 504 g/mol. The minimum absolute atomic E-state index is 0.0294. The first-order valence-corrected chi connectivity index (χ1v) is 14.2. The van der Waals surface area contributed by atoms with E-state index in [-0.39, 0.29) is 17.2 Å². The molecule has 3 fully saturated rings. The number of alkyl halides is 3. The lowest BCUT2D eigenvalue weighted by Gasteiger charge is -2.46. The van der Waals surface area contributed by atoms with E-state index in [9.17, 15) is 21.6 Å². The number of rotatable bonds is 5. The number of anilines is 2. The smallest absolute Gasteiger partial charge is 0.359 e. The van der Waals surface area contributed by atoms with Crippen molar-refractivity contribution in [3.63, 3.8) is 0 Å². The van der Waals surface area contributed by atoms with Gasteiger partial charge in [-0.05, 0) is 49.9 Å². The Morgan fingerprint density at radius 2 is 1.79 bits per heavy atom. The van der Waals surface area contributed by atoms with Crippen molar-refractivity contribution >= 4 is 21.7 Å². The average Bonchev–Trinajstić information content (AvgIpc) is 2.78. The summed E-state index contributed by atoms with van der Waals surface area (Å²) in [7, 11) is -1.56. The van der Waals surface area contributed by atoms with Gasteiger partial charge in [0.2, 0.25) is 15.8 Å². The van der Waals surface area contributed by atoms with Gasteiger partial charge in [-0.15, -0.1) is 0 Å². The van der Waals surface area contributed by atoms with Gasteiger partial charge in [0.1, 0.15) is 11.6 Å². The highest BCUT2D eigenvalue weighted by Crippen LogP contribution is 2.44. The predicted octanol–water partition coefficient (Wildman–Crippen LogP) is 4.15. The van der Waals surface area contributed by atoms with E-state index in [1.165, 1.54) is 29.8 Å². The maximum absolute atomic E-state index is 13.7. The SMILES string of the molecule is CN(CC1CCCN(S(C)(=O)=O)C1)c1cc(N2CCCC3(CCCCC3)C2)nc(C(F)(F)F)n1. The highest BCUT2D eigenvalue weighted by atomic mass is 32.2. The molecule has 1 saturated carbocycles. The van der Waals surface area contributed by atoms with Crippen LogP contribution in [-0.2, 0) is 16.2 Å². The third-order valence-electron chi connectivity index (χ3n) is 7.73. The molecular formula is C23H36F3N5O2S. The summed E-state index contributed by atoms with van der Waals surface area (Å²) in [6.45, 7) is 2.75. The Bertz CT molecular complexity index is 960. The van der Waals surface area contributed by atoms with Gasteiger partial charge in [0.25, 0.3) is 0 Å². The van der Waals surface area contributed by atoms with Gasteiger partial charge in [-0.2, -0.15) is 13.2 Å². The molecule has 1 aromatic heterocycles. The van der Waals surface area contributed by atoms with Crippen molar-refractivity contribution in [3.05, 3.63) is 11.9 Å². The van der Waals surface area contributed by atoms with Crippen LogP contribution in [0.4, 0.5) is 24.8 Å². The van der Waals surface area contributed by atoms with Crippen LogP contribution >= 0.6 is 0 Å². The monoisotopic (exact) mass is 503 g/mol. The summed E-state index contributed by atoms with van der Waals surface area (Å²) in [4.78, 5) is 11.6. The predicted molar refractivity (Wildman–Crippen MR) is 126 cm³/mol. The topological polar surface area (TPSA) is 69.6 Å². The van der Waals surface area contributed by atoms with Gasteiger partial charge in [0.05, 0.1) is 6.26 Å². The lowest BCUT2D eigenvalue weighted by molar-refractivity contribution is -0.144. The molecule has 0 amide bonds. The Hall–Kier alpha value is -1.62. The highest BCUT2D eigenvalue weighted by molar-refractivity contribution is 7.88. The van der Waals surface area contributed by atoms with Crippen molar-refractivity contribution < 1.29 is 21.6 Å². The van der Waals surface area contributed by atoms with Gasteiger partial charge in [0.15, 0.2) is 0 Å². The van der Waals surface area contributed by atoms with E-state index in [4.69, 9.17) is 0 Å². The van der Waals surface area contributed by atoms with E-state index in [1.807, 2.05) is 4.90 Å². The van der Waals surface area contributed by atoms with Crippen LogP contribution in [0.25, 0.3) is 0 Å². The first-order chi connectivity index (χ1) is 16.0. The minimum Gasteiger partial charge on any atom is -0.359 e. The molecule has 2 saturated heterocycles. The molecular weight excluding hydrogens is 467 g/mol. The number of hydrogen-bond donors (Lipinski definition) is 0. The van der Waals surface area contributed by atoms with Crippen LogP contribution in [0.15, 0.2) is 6.07 Å². The van der Waals surface area contributed by atoms with Crippen LogP contribution in [0, 0.1) is 11.3 Å². The zero-order valence-corrected chi connectivity index (χ0v) is 21.0. The molecule has 1 atom stereocenters. The number of sulfonamides is 1. The fraction of sp³-hybridized carbons (Fsp3) is 0.826. The number of halogens is 3. The van der Waals surface area contributed by atoms with E-state index in [1.54, 1.807) is 18.0 Å². The van der Waals surface area contributed by atoms with Crippen molar-refractivity contribution in [1.29, 1.82) is 0 Å². The van der Waals surface area contributed by atoms with Crippen LogP contribution in [0.1, 0.15) is 63.6 Å². The maximum Gasteiger partial charge on any atom is 0.451 e. The molecule has 11 heteroatoms. The molecule has 4 rings (SSSR count). The summed E-state index contributed by atoms with van der Waals surface area (Å²) in [5.41, 5.74) is 0.184. The molecule has 2 aliphatic heterocycles. The lowest BCUT2D eigenvalue weighted by atomic mass is 9.69. The molecule has 0 radical (unpaired) electrons. The first kappa shape index (κ1) is 25.5. The first-order valence-electron chi connectivity index (χ1n) is 12.3. The fourth-order valence-electron chi connectivity index (χ4n) is 5.98. The largest absolute Gasteiger partial charge is 0.451 e. The minimum atomic E-state index is -4.64.